The van der Waals surface area contributed by atoms with Crippen LogP contribution in [0.15, 0.2) is 28.2 Å². The Hall–Kier alpha value is -2.04. The fourth-order valence-electron chi connectivity index (χ4n) is 2.56. The second kappa shape index (κ2) is 9.25. The molecule has 0 saturated carbocycles. The third kappa shape index (κ3) is 5.72. The van der Waals surface area contributed by atoms with Gasteiger partial charge in [-0.15, -0.1) is 0 Å². The van der Waals surface area contributed by atoms with Crippen molar-refractivity contribution in [2.24, 2.45) is 11.0 Å². The molecule has 0 spiro atoms. The summed E-state index contributed by atoms with van der Waals surface area (Å²) in [6, 6.07) is 3.82. The monoisotopic (exact) mass is 398 g/mol. The molecule has 10 heteroatoms. The Bertz CT molecular complexity index is 802. The summed E-state index contributed by atoms with van der Waals surface area (Å²) in [6.07, 6.45) is 1.75. The zero-order valence-corrected chi connectivity index (χ0v) is 16.7. The van der Waals surface area contributed by atoms with E-state index in [0.717, 1.165) is 24.6 Å². The summed E-state index contributed by atoms with van der Waals surface area (Å²) in [5.41, 5.74) is 3.34. The topological polar surface area (TPSA) is 114 Å². The summed E-state index contributed by atoms with van der Waals surface area (Å²) in [6.45, 7) is 7.15. The van der Waals surface area contributed by atoms with Gasteiger partial charge in [0.15, 0.2) is 0 Å². The summed E-state index contributed by atoms with van der Waals surface area (Å²) in [7, 11) is -3.80. The number of nitro groups is 1. The van der Waals surface area contributed by atoms with Crippen molar-refractivity contribution in [2.45, 2.75) is 38.5 Å². The summed E-state index contributed by atoms with van der Waals surface area (Å²) < 4.78 is 31.8. The Morgan fingerprint density at radius 1 is 1.37 bits per heavy atom. The molecule has 9 nitrogen and oxygen atoms in total. The van der Waals surface area contributed by atoms with Crippen molar-refractivity contribution in [3.63, 3.8) is 0 Å². The number of morpholine rings is 1. The van der Waals surface area contributed by atoms with Crippen molar-refractivity contribution < 1.29 is 18.1 Å². The maximum Gasteiger partial charge on any atom is 0.295 e. The molecule has 150 valence electrons. The van der Waals surface area contributed by atoms with Crippen LogP contribution in [0.25, 0.3) is 0 Å². The van der Waals surface area contributed by atoms with Gasteiger partial charge in [0.2, 0.25) is 10.0 Å². The highest BCUT2D eigenvalue weighted by molar-refractivity contribution is 7.89. The smallest absolute Gasteiger partial charge is 0.295 e. The number of nitrogens with one attached hydrogen (secondary N) is 1. The van der Waals surface area contributed by atoms with Gasteiger partial charge in [-0.25, -0.2) is 8.42 Å². The van der Waals surface area contributed by atoms with E-state index in [1.165, 1.54) is 16.4 Å². The summed E-state index contributed by atoms with van der Waals surface area (Å²) in [5.74, 6) is 0.536. The van der Waals surface area contributed by atoms with E-state index < -0.39 is 14.9 Å². The first-order valence-corrected chi connectivity index (χ1v) is 10.3. The third-order valence-electron chi connectivity index (χ3n) is 4.22. The second-order valence-corrected chi connectivity index (χ2v) is 8.78. The zero-order valence-electron chi connectivity index (χ0n) is 15.8. The lowest BCUT2D eigenvalue weighted by molar-refractivity contribution is -0.384. The van der Waals surface area contributed by atoms with Gasteiger partial charge in [0.05, 0.1) is 23.0 Å². The predicted octanol–water partition coefficient (Wildman–Crippen LogP) is 2.84. The lowest BCUT2D eigenvalue weighted by atomic mass is 10.1. The molecule has 27 heavy (non-hydrogen) atoms. The number of ether oxygens (including phenoxy) is 1. The fraction of sp³-hybridized carbons (Fsp3) is 0.588. The van der Waals surface area contributed by atoms with Gasteiger partial charge in [-0.1, -0.05) is 13.8 Å². The molecule has 1 N–H and O–H groups in total. The molecule has 2 rings (SSSR count). The van der Waals surface area contributed by atoms with Gasteiger partial charge < -0.3 is 4.74 Å². The lowest BCUT2D eigenvalue weighted by Gasteiger charge is -2.26. The highest BCUT2D eigenvalue weighted by Crippen LogP contribution is 2.29. The Kier molecular flexibility index (Phi) is 7.28. The number of benzene rings is 1. The molecule has 0 atom stereocenters. The summed E-state index contributed by atoms with van der Waals surface area (Å²) in [5, 5.41) is 15.6. The molecule has 1 aliphatic rings. The SMILES string of the molecule is CC(CCC(C)C)=NNc1ccc(S(=O)(=O)N2CCOCC2)cc1[N+](=O)[O-]. The molecule has 0 amide bonds. The highest BCUT2D eigenvalue weighted by Gasteiger charge is 2.28. The van der Waals surface area contributed by atoms with Crippen LogP contribution in [0.3, 0.4) is 0 Å². The van der Waals surface area contributed by atoms with E-state index in [4.69, 9.17) is 4.74 Å². The Morgan fingerprint density at radius 3 is 2.63 bits per heavy atom. The number of sulfonamides is 1. The van der Waals surface area contributed by atoms with Crippen LogP contribution in [0.4, 0.5) is 11.4 Å². The summed E-state index contributed by atoms with van der Waals surface area (Å²) in [4.78, 5) is 10.7. The van der Waals surface area contributed by atoms with Crippen LogP contribution < -0.4 is 5.43 Å². The molecule has 0 aliphatic carbocycles. The zero-order chi connectivity index (χ0) is 20.0. The van der Waals surface area contributed by atoms with Gasteiger partial charge in [-0.2, -0.15) is 9.41 Å². The van der Waals surface area contributed by atoms with E-state index >= 15 is 0 Å². The van der Waals surface area contributed by atoms with Crippen molar-refractivity contribution in [1.29, 1.82) is 0 Å². The number of rotatable bonds is 8. The molecule has 1 fully saturated rings. The van der Waals surface area contributed by atoms with Crippen molar-refractivity contribution >= 4 is 27.1 Å². The number of hydrogen-bond donors (Lipinski definition) is 1. The maximum absolute atomic E-state index is 12.7. The van der Waals surface area contributed by atoms with Crippen LogP contribution in [-0.4, -0.2) is 49.7 Å². The van der Waals surface area contributed by atoms with Crippen LogP contribution in [0, 0.1) is 16.0 Å². The predicted molar refractivity (Wildman–Crippen MR) is 103 cm³/mol. The van der Waals surface area contributed by atoms with Crippen LogP contribution >= 0.6 is 0 Å². The molecule has 1 aromatic rings. The highest BCUT2D eigenvalue weighted by atomic mass is 32.2. The first-order chi connectivity index (χ1) is 12.7. The van der Waals surface area contributed by atoms with Crippen LogP contribution in [0.5, 0.6) is 0 Å². The Labute approximate surface area is 159 Å². The fourth-order valence-corrected chi connectivity index (χ4v) is 3.99. The Morgan fingerprint density at radius 2 is 2.04 bits per heavy atom. The minimum atomic E-state index is -3.80. The van der Waals surface area contributed by atoms with Crippen molar-refractivity contribution in [3.05, 3.63) is 28.3 Å². The molecule has 1 aromatic carbocycles. The Balaban J connectivity index is 2.23. The van der Waals surface area contributed by atoms with E-state index in [1.54, 1.807) is 0 Å². The van der Waals surface area contributed by atoms with Crippen LogP contribution in [-0.2, 0) is 14.8 Å². The lowest BCUT2D eigenvalue weighted by Crippen LogP contribution is -2.40. The molecule has 1 heterocycles. The molecule has 0 aromatic heterocycles. The standard InChI is InChI=1S/C17H26N4O5S/c1-13(2)4-5-14(3)18-19-16-7-6-15(12-17(16)21(22)23)27(24,25)20-8-10-26-11-9-20/h6-7,12-13,19H,4-5,8-11H2,1-3H3. The van der Waals surface area contributed by atoms with Crippen molar-refractivity contribution in [2.75, 3.05) is 31.7 Å². The van der Waals surface area contributed by atoms with Gasteiger partial charge in [-0.05, 0) is 37.8 Å². The second-order valence-electron chi connectivity index (χ2n) is 6.84. The number of hydrogen-bond acceptors (Lipinski definition) is 7. The minimum absolute atomic E-state index is 0.109. The number of nitro benzene ring substituents is 1. The number of hydrazone groups is 1. The molecule has 0 radical (unpaired) electrons. The maximum atomic E-state index is 12.7. The average molecular weight is 398 g/mol. The molecular formula is C17H26N4O5S. The first kappa shape index (κ1) is 21.3. The van der Waals surface area contributed by atoms with Crippen molar-refractivity contribution in [1.82, 2.24) is 4.31 Å². The van der Waals surface area contributed by atoms with E-state index in [1.807, 2.05) is 6.92 Å². The molecule has 0 bridgehead atoms. The van der Waals surface area contributed by atoms with Gasteiger partial charge in [-0.3, -0.25) is 15.5 Å². The van der Waals surface area contributed by atoms with E-state index in [9.17, 15) is 18.5 Å². The van der Waals surface area contributed by atoms with Gasteiger partial charge in [0.1, 0.15) is 5.69 Å². The molecule has 1 saturated heterocycles. The van der Waals surface area contributed by atoms with Crippen LogP contribution in [0.2, 0.25) is 0 Å². The van der Waals surface area contributed by atoms with Gasteiger partial charge in [0, 0.05) is 24.9 Å². The molecule has 0 unspecified atom stereocenters. The van der Waals surface area contributed by atoms with E-state index in [-0.39, 0.29) is 29.4 Å². The molecular weight excluding hydrogens is 372 g/mol. The van der Waals surface area contributed by atoms with Crippen molar-refractivity contribution in [3.8, 4) is 0 Å². The summed E-state index contributed by atoms with van der Waals surface area (Å²) >= 11 is 0. The molecule has 1 aliphatic heterocycles. The quantitative estimate of drug-likeness (QED) is 0.409. The normalized spacial score (nSPS) is 16.5. The number of anilines is 1. The largest absolute Gasteiger partial charge is 0.379 e. The first-order valence-electron chi connectivity index (χ1n) is 8.87. The van der Waals surface area contributed by atoms with Gasteiger partial charge in [0.25, 0.3) is 5.69 Å². The average Bonchev–Trinajstić information content (AvgIpc) is 2.65. The van der Waals surface area contributed by atoms with Gasteiger partial charge >= 0.3 is 0 Å². The van der Waals surface area contributed by atoms with Crippen LogP contribution in [0.1, 0.15) is 33.6 Å². The van der Waals surface area contributed by atoms with E-state index in [0.29, 0.717) is 19.1 Å². The number of nitrogens with zero attached hydrogens (tertiary/aromatic N) is 3. The van der Waals surface area contributed by atoms with E-state index in [2.05, 4.69) is 24.4 Å². The minimum Gasteiger partial charge on any atom is -0.379 e. The third-order valence-corrected chi connectivity index (χ3v) is 6.12.